The first-order chi connectivity index (χ1) is 24.8. The van der Waals surface area contributed by atoms with Crippen LogP contribution in [0.4, 0.5) is 4.79 Å². The van der Waals surface area contributed by atoms with E-state index in [4.69, 9.17) is 0 Å². The highest BCUT2D eigenvalue weighted by molar-refractivity contribution is 5.79. The Labute approximate surface area is 341 Å². The molecule has 0 fully saturated rings. The van der Waals surface area contributed by atoms with Gasteiger partial charge in [0.1, 0.15) is 0 Å². The SMILES string of the molecule is CC(C)CC(=O)NC(C)C.CC(C)CNC(=O)C(C)C.CC(C)NC(=O)C(C)C.CC(C)NC(=O)C(C)C.CC(C)NC(=O)NC(C)C.CC(C)NC(C)C. The molecule has 0 bridgehead atoms. The highest BCUT2D eigenvalue weighted by atomic mass is 16.2. The van der Waals surface area contributed by atoms with Crippen LogP contribution in [0.3, 0.4) is 0 Å². The first-order valence-electron chi connectivity index (χ1n) is 20.8. The molecule has 0 atom stereocenters. The third-order valence-corrected chi connectivity index (χ3v) is 5.67. The van der Waals surface area contributed by atoms with Gasteiger partial charge in [-0.05, 0) is 81.1 Å². The Kier molecular flexibility index (Phi) is 45.8. The summed E-state index contributed by atoms with van der Waals surface area (Å²) in [6.45, 7) is 48.5. The first kappa shape index (κ1) is 64.0. The molecule has 0 saturated carbocycles. The molecule has 6 amide bonds. The van der Waals surface area contributed by atoms with Gasteiger partial charge in [-0.3, -0.25) is 19.2 Å². The van der Waals surface area contributed by atoms with E-state index in [-0.39, 0.29) is 77.6 Å². The van der Waals surface area contributed by atoms with Crippen molar-refractivity contribution in [1.82, 2.24) is 37.2 Å². The lowest BCUT2D eigenvalue weighted by Crippen LogP contribution is -2.42. The van der Waals surface area contributed by atoms with Crippen LogP contribution in [-0.4, -0.2) is 78.5 Å². The lowest BCUT2D eigenvalue weighted by atomic mass is 10.1. The lowest BCUT2D eigenvalue weighted by Gasteiger charge is -2.11. The number of hydrogen-bond donors (Lipinski definition) is 7. The van der Waals surface area contributed by atoms with Gasteiger partial charge in [-0.15, -0.1) is 0 Å². The minimum atomic E-state index is -0.0926. The van der Waals surface area contributed by atoms with Crippen LogP contribution in [0.2, 0.25) is 0 Å². The maximum Gasteiger partial charge on any atom is 0.315 e. The zero-order chi connectivity index (χ0) is 45.2. The van der Waals surface area contributed by atoms with E-state index in [2.05, 4.69) is 78.8 Å². The average molecular weight is 790 g/mol. The first-order valence-corrected chi connectivity index (χ1v) is 20.8. The molecule has 0 heterocycles. The summed E-state index contributed by atoms with van der Waals surface area (Å²) in [6.07, 6.45) is 0.637. The summed E-state index contributed by atoms with van der Waals surface area (Å²) in [5.41, 5.74) is 0. The normalized spacial score (nSPS) is 10.5. The number of amides is 6. The van der Waals surface area contributed by atoms with Crippen molar-refractivity contribution in [1.29, 1.82) is 0 Å². The van der Waals surface area contributed by atoms with Crippen LogP contribution in [0.25, 0.3) is 0 Å². The van der Waals surface area contributed by atoms with Gasteiger partial charge >= 0.3 is 6.03 Å². The molecule has 0 unspecified atom stereocenters. The van der Waals surface area contributed by atoms with Crippen molar-refractivity contribution in [2.24, 2.45) is 29.6 Å². The summed E-state index contributed by atoms with van der Waals surface area (Å²) in [5.74, 6) is 1.88. The van der Waals surface area contributed by atoms with Crippen LogP contribution >= 0.6 is 0 Å². The summed E-state index contributed by atoms with van der Waals surface area (Å²) in [7, 11) is 0. The van der Waals surface area contributed by atoms with E-state index in [1.807, 2.05) is 125 Å². The fourth-order valence-corrected chi connectivity index (χ4v) is 3.40. The summed E-state index contributed by atoms with van der Waals surface area (Å²) in [4.78, 5) is 54.4. The van der Waals surface area contributed by atoms with E-state index in [0.29, 0.717) is 30.3 Å². The second-order valence-electron chi connectivity index (χ2n) is 17.7. The van der Waals surface area contributed by atoms with Crippen molar-refractivity contribution >= 4 is 29.7 Å². The second-order valence-corrected chi connectivity index (χ2v) is 17.7. The van der Waals surface area contributed by atoms with Crippen LogP contribution in [0.5, 0.6) is 0 Å². The lowest BCUT2D eigenvalue weighted by molar-refractivity contribution is -0.125. The van der Waals surface area contributed by atoms with Crippen molar-refractivity contribution < 1.29 is 24.0 Å². The van der Waals surface area contributed by atoms with Gasteiger partial charge in [0.05, 0.1) is 0 Å². The standard InChI is InChI=1S/2C8H17NO.C7H16N2O.2C7H15NO.C6H15N/c1-6(2)5-9-8(10)7(3)4;1-6(2)5-8(10)9-7(3)4;1-5(2)8-7(10)9-6(3)4;2*1-5(2)7(9)8-6(3)4;1-5(2)7-6(3)4/h2*6-7H,5H2,1-4H3,(H,9,10);5-6H,1-4H3,(H2,8,9,10);2*5-6H,1-4H3,(H,8,9);5-7H,1-4H3. The summed E-state index contributed by atoms with van der Waals surface area (Å²) in [6, 6.07) is 2.37. The van der Waals surface area contributed by atoms with Crippen LogP contribution in [0, 0.1) is 29.6 Å². The maximum absolute atomic E-state index is 11.0. The topological polar surface area (TPSA) is 170 Å². The van der Waals surface area contributed by atoms with Crippen LogP contribution < -0.4 is 37.2 Å². The summed E-state index contributed by atoms with van der Waals surface area (Å²) < 4.78 is 0. The van der Waals surface area contributed by atoms with Crippen molar-refractivity contribution in [2.75, 3.05) is 6.54 Å². The molecular weight excluding hydrogens is 695 g/mol. The summed E-state index contributed by atoms with van der Waals surface area (Å²) >= 11 is 0. The predicted octanol–water partition coefficient (Wildman–Crippen LogP) is 7.80. The molecule has 0 spiro atoms. The Morgan fingerprint density at radius 1 is 0.345 bits per heavy atom. The predicted molar refractivity (Wildman–Crippen MR) is 237 cm³/mol. The van der Waals surface area contributed by atoms with Crippen molar-refractivity contribution in [3.8, 4) is 0 Å². The zero-order valence-electron chi connectivity index (χ0n) is 40.4. The average Bonchev–Trinajstić information content (AvgIpc) is 2.94. The summed E-state index contributed by atoms with van der Waals surface area (Å²) in [5, 5.41) is 20.0. The van der Waals surface area contributed by atoms with E-state index in [0.717, 1.165) is 6.54 Å². The van der Waals surface area contributed by atoms with Crippen molar-refractivity contribution in [3.63, 3.8) is 0 Å². The fourth-order valence-electron chi connectivity index (χ4n) is 3.40. The van der Waals surface area contributed by atoms with Gasteiger partial charge in [-0.1, -0.05) is 96.9 Å². The number of carbonyl (C=O) groups excluding carboxylic acids is 5. The van der Waals surface area contributed by atoms with E-state index < -0.39 is 0 Å². The van der Waals surface area contributed by atoms with E-state index >= 15 is 0 Å². The molecule has 7 N–H and O–H groups in total. The van der Waals surface area contributed by atoms with Gasteiger partial charge in [0.15, 0.2) is 0 Å². The van der Waals surface area contributed by atoms with E-state index in [9.17, 15) is 24.0 Å². The Morgan fingerprint density at radius 3 is 0.800 bits per heavy atom. The molecule has 12 heteroatoms. The molecule has 12 nitrogen and oxygen atoms in total. The molecular formula is C43H95N7O5. The fraction of sp³-hybridized carbons (Fsp3) is 0.884. The van der Waals surface area contributed by atoms with E-state index in [1.54, 1.807) is 0 Å². The number of hydrogen-bond acceptors (Lipinski definition) is 6. The molecule has 0 aromatic carbocycles. The molecule has 0 aromatic rings. The Bertz CT molecular complexity index is 860. The van der Waals surface area contributed by atoms with Gasteiger partial charge in [0.25, 0.3) is 0 Å². The van der Waals surface area contributed by atoms with Crippen LogP contribution in [0.15, 0.2) is 0 Å². The molecule has 0 aliphatic carbocycles. The van der Waals surface area contributed by atoms with Gasteiger partial charge in [-0.25, -0.2) is 4.79 Å². The molecule has 0 aliphatic heterocycles. The van der Waals surface area contributed by atoms with Crippen molar-refractivity contribution in [2.45, 2.75) is 215 Å². The number of urea groups is 1. The third kappa shape index (κ3) is 69.5. The quantitative estimate of drug-likeness (QED) is 0.0948. The molecule has 0 radical (unpaired) electrons. The monoisotopic (exact) mass is 790 g/mol. The molecule has 332 valence electrons. The van der Waals surface area contributed by atoms with Crippen LogP contribution in [-0.2, 0) is 19.2 Å². The molecule has 0 rings (SSSR count). The van der Waals surface area contributed by atoms with Crippen molar-refractivity contribution in [3.05, 3.63) is 0 Å². The minimum absolute atomic E-state index is 0.0926. The highest BCUT2D eigenvalue weighted by Crippen LogP contribution is 1.98. The maximum atomic E-state index is 11.0. The Balaban J connectivity index is -0.000000131. The smallest absolute Gasteiger partial charge is 0.315 e. The van der Waals surface area contributed by atoms with Gasteiger partial charge in [0.2, 0.25) is 23.6 Å². The molecule has 0 aromatic heterocycles. The second kappa shape index (κ2) is 39.3. The van der Waals surface area contributed by atoms with Gasteiger partial charge < -0.3 is 37.2 Å². The molecule has 0 saturated heterocycles. The Morgan fingerprint density at radius 2 is 0.636 bits per heavy atom. The molecule has 0 aliphatic rings. The highest BCUT2D eigenvalue weighted by Gasteiger charge is 2.08. The van der Waals surface area contributed by atoms with E-state index in [1.165, 1.54) is 0 Å². The third-order valence-electron chi connectivity index (χ3n) is 5.67. The largest absolute Gasteiger partial charge is 0.356 e. The number of rotatable bonds is 14. The van der Waals surface area contributed by atoms with Gasteiger partial charge in [-0.2, -0.15) is 0 Å². The van der Waals surface area contributed by atoms with Gasteiger partial charge in [0, 0.05) is 73.0 Å². The molecule has 55 heavy (non-hydrogen) atoms. The Hall–Kier alpha value is -2.89. The van der Waals surface area contributed by atoms with Crippen LogP contribution in [0.1, 0.15) is 173 Å². The number of carbonyl (C=O) groups is 5. The zero-order valence-corrected chi connectivity index (χ0v) is 40.4. The number of nitrogens with one attached hydrogen (secondary N) is 7. The minimum Gasteiger partial charge on any atom is -0.356 e.